The minimum atomic E-state index is -0.361. The van der Waals surface area contributed by atoms with Gasteiger partial charge in [0.15, 0.2) is 0 Å². The molecule has 2 heterocycles. The maximum Gasteiger partial charge on any atom is 0.203 e. The molecule has 0 spiro atoms. The normalized spacial score (nSPS) is 56.5. The lowest BCUT2D eigenvalue weighted by atomic mass is 9.96. The molecule has 3 atom stereocenters. The highest BCUT2D eigenvalue weighted by molar-refractivity contribution is 4.85. The van der Waals surface area contributed by atoms with Crippen molar-refractivity contribution in [2.45, 2.75) is 31.9 Å². The molecule has 64 valence electrons. The van der Waals surface area contributed by atoms with Gasteiger partial charge in [-0.15, -0.1) is 0 Å². The molecule has 2 fully saturated rings. The molecule has 2 saturated heterocycles. The molecule has 0 radical (unpaired) electrons. The van der Waals surface area contributed by atoms with Crippen LogP contribution in [0.15, 0.2) is 0 Å². The molecule has 2 rings (SSSR count). The van der Waals surface area contributed by atoms with Gasteiger partial charge in [0.25, 0.3) is 0 Å². The molecular formula is C9H18NO+. The predicted octanol–water partition coefficient (Wildman–Crippen LogP) is 0.955. The van der Waals surface area contributed by atoms with Crippen LogP contribution >= 0.6 is 0 Å². The van der Waals surface area contributed by atoms with E-state index in [9.17, 15) is 5.11 Å². The van der Waals surface area contributed by atoms with Gasteiger partial charge in [0.05, 0.1) is 20.1 Å². The summed E-state index contributed by atoms with van der Waals surface area (Å²) in [6.45, 7) is 4.55. The van der Waals surface area contributed by atoms with E-state index in [1.54, 1.807) is 0 Å². The highest BCUT2D eigenvalue weighted by Gasteiger charge is 2.58. The topological polar surface area (TPSA) is 20.2 Å². The Morgan fingerprint density at radius 1 is 1.45 bits per heavy atom. The van der Waals surface area contributed by atoms with E-state index < -0.39 is 0 Å². The van der Waals surface area contributed by atoms with Crippen molar-refractivity contribution in [2.24, 2.45) is 5.92 Å². The second kappa shape index (κ2) is 1.99. The number of fused-ring (bicyclic) bond motifs is 1. The van der Waals surface area contributed by atoms with Gasteiger partial charge in [-0.25, -0.2) is 0 Å². The Morgan fingerprint density at radius 2 is 2.18 bits per heavy atom. The summed E-state index contributed by atoms with van der Waals surface area (Å²) in [6.07, 6.45) is 3.43. The molecular weight excluding hydrogens is 138 g/mol. The average molecular weight is 156 g/mol. The highest BCUT2D eigenvalue weighted by atomic mass is 16.3. The van der Waals surface area contributed by atoms with E-state index in [1.165, 1.54) is 25.9 Å². The second-order valence-corrected chi connectivity index (χ2v) is 4.51. The maximum absolute atomic E-state index is 10.3. The van der Waals surface area contributed by atoms with Crippen molar-refractivity contribution < 1.29 is 9.59 Å². The molecule has 11 heavy (non-hydrogen) atoms. The lowest BCUT2D eigenvalue weighted by molar-refractivity contribution is -0.959. The van der Waals surface area contributed by atoms with E-state index >= 15 is 0 Å². The summed E-state index contributed by atoms with van der Waals surface area (Å²) in [5.41, 5.74) is -0.361. The van der Waals surface area contributed by atoms with Gasteiger partial charge >= 0.3 is 0 Å². The molecule has 2 aliphatic rings. The zero-order valence-electron chi connectivity index (χ0n) is 7.51. The van der Waals surface area contributed by atoms with Crippen LogP contribution < -0.4 is 0 Å². The van der Waals surface area contributed by atoms with Gasteiger partial charge in [0.2, 0.25) is 5.72 Å². The van der Waals surface area contributed by atoms with Crippen molar-refractivity contribution >= 4 is 0 Å². The van der Waals surface area contributed by atoms with Crippen LogP contribution in [0, 0.1) is 5.92 Å². The van der Waals surface area contributed by atoms with E-state index in [-0.39, 0.29) is 5.72 Å². The van der Waals surface area contributed by atoms with Gasteiger partial charge in [-0.2, -0.15) is 0 Å². The third-order valence-electron chi connectivity index (χ3n) is 3.98. The first-order valence-electron chi connectivity index (χ1n) is 4.65. The van der Waals surface area contributed by atoms with Gasteiger partial charge in [0.1, 0.15) is 0 Å². The Hall–Kier alpha value is -0.0800. The molecule has 1 N–H and O–H groups in total. The highest BCUT2D eigenvalue weighted by Crippen LogP contribution is 2.45. The molecule has 0 saturated carbocycles. The van der Waals surface area contributed by atoms with Gasteiger partial charge < -0.3 is 5.11 Å². The van der Waals surface area contributed by atoms with Crippen LogP contribution in [0.3, 0.4) is 0 Å². The minimum absolute atomic E-state index is 0.361. The van der Waals surface area contributed by atoms with E-state index in [2.05, 4.69) is 14.0 Å². The fourth-order valence-corrected chi connectivity index (χ4v) is 2.95. The Morgan fingerprint density at radius 3 is 2.82 bits per heavy atom. The maximum atomic E-state index is 10.3. The van der Waals surface area contributed by atoms with Crippen LogP contribution in [0.25, 0.3) is 0 Å². The van der Waals surface area contributed by atoms with Crippen LogP contribution in [0.4, 0.5) is 0 Å². The monoisotopic (exact) mass is 156 g/mol. The summed E-state index contributed by atoms with van der Waals surface area (Å²) < 4.78 is 0.925. The van der Waals surface area contributed by atoms with Crippen molar-refractivity contribution in [3.05, 3.63) is 0 Å². The smallest absolute Gasteiger partial charge is 0.203 e. The third kappa shape index (κ3) is 0.744. The summed E-state index contributed by atoms with van der Waals surface area (Å²) in [5.74, 6) is 0.509. The van der Waals surface area contributed by atoms with Gasteiger partial charge in [-0.05, 0) is 0 Å². The third-order valence-corrected chi connectivity index (χ3v) is 3.98. The van der Waals surface area contributed by atoms with Crippen molar-refractivity contribution in [1.82, 2.24) is 0 Å². The molecule has 0 aromatic rings. The molecule has 0 amide bonds. The molecule has 0 aliphatic carbocycles. The van der Waals surface area contributed by atoms with E-state index in [1.807, 2.05) is 0 Å². The fraction of sp³-hybridized carbons (Fsp3) is 1.00. The molecule has 0 aromatic heterocycles. The van der Waals surface area contributed by atoms with Crippen molar-refractivity contribution in [3.63, 3.8) is 0 Å². The second-order valence-electron chi connectivity index (χ2n) is 4.51. The number of aliphatic hydroxyl groups is 1. The summed E-state index contributed by atoms with van der Waals surface area (Å²) in [4.78, 5) is 0. The first-order valence-corrected chi connectivity index (χ1v) is 4.65. The van der Waals surface area contributed by atoms with Crippen molar-refractivity contribution in [2.75, 3.05) is 20.1 Å². The van der Waals surface area contributed by atoms with Crippen LogP contribution in [-0.2, 0) is 0 Å². The summed E-state index contributed by atoms with van der Waals surface area (Å²) in [6, 6.07) is 0. The lowest BCUT2D eigenvalue weighted by Crippen LogP contribution is -2.55. The molecule has 2 nitrogen and oxygen atoms in total. The Kier molecular flexibility index (Phi) is 1.37. The number of hydrogen-bond acceptors (Lipinski definition) is 1. The minimum Gasteiger partial charge on any atom is -0.342 e. The molecule has 3 unspecified atom stereocenters. The average Bonchev–Trinajstić information content (AvgIpc) is 2.34. The van der Waals surface area contributed by atoms with Crippen molar-refractivity contribution in [3.8, 4) is 0 Å². The van der Waals surface area contributed by atoms with Crippen LogP contribution in [-0.4, -0.2) is 35.5 Å². The summed E-state index contributed by atoms with van der Waals surface area (Å²) >= 11 is 0. The summed E-state index contributed by atoms with van der Waals surface area (Å²) in [7, 11) is 2.20. The van der Waals surface area contributed by atoms with Gasteiger partial charge in [-0.3, -0.25) is 4.48 Å². The number of quaternary nitrogens is 1. The van der Waals surface area contributed by atoms with Crippen LogP contribution in [0.2, 0.25) is 0 Å². The van der Waals surface area contributed by atoms with Crippen LogP contribution in [0.1, 0.15) is 26.2 Å². The quantitative estimate of drug-likeness (QED) is 0.518. The van der Waals surface area contributed by atoms with Crippen LogP contribution in [0.5, 0.6) is 0 Å². The van der Waals surface area contributed by atoms with Gasteiger partial charge in [0, 0.05) is 25.2 Å². The molecule has 2 aliphatic heterocycles. The summed E-state index contributed by atoms with van der Waals surface area (Å²) in [5, 5.41) is 10.3. The van der Waals surface area contributed by atoms with E-state index in [0.29, 0.717) is 5.92 Å². The Labute approximate surface area is 68.4 Å². The molecule has 2 heteroatoms. The fourth-order valence-electron chi connectivity index (χ4n) is 2.95. The molecule has 0 bridgehead atoms. The lowest BCUT2D eigenvalue weighted by Gasteiger charge is -2.38. The SMILES string of the molecule is CC1CC[N+]2(C)CCCC12O. The van der Waals surface area contributed by atoms with E-state index in [0.717, 1.165) is 10.9 Å². The predicted molar refractivity (Wildman–Crippen MR) is 43.9 cm³/mol. The largest absolute Gasteiger partial charge is 0.342 e. The molecule has 0 aromatic carbocycles. The standard InChI is InChI=1S/C9H18NO/c1-8-4-7-10(2)6-3-5-9(8,10)11/h8,11H,3-7H2,1-2H3/q+1. The number of hydrogen-bond donors (Lipinski definition) is 1. The zero-order chi connectivity index (χ0) is 8.11. The van der Waals surface area contributed by atoms with Crippen molar-refractivity contribution in [1.29, 1.82) is 0 Å². The van der Waals surface area contributed by atoms with E-state index in [4.69, 9.17) is 0 Å². The number of rotatable bonds is 0. The number of nitrogens with zero attached hydrogens (tertiary/aromatic N) is 1. The van der Waals surface area contributed by atoms with Gasteiger partial charge in [-0.1, -0.05) is 6.92 Å². The Balaban J connectivity index is 2.33. The Bertz CT molecular complexity index is 182. The first-order chi connectivity index (χ1) is 5.08. The zero-order valence-corrected chi connectivity index (χ0v) is 7.51. The first kappa shape index (κ1) is 7.56.